The van der Waals surface area contributed by atoms with E-state index in [1.54, 1.807) is 0 Å². The van der Waals surface area contributed by atoms with Gasteiger partial charge < -0.3 is 15.0 Å². The fourth-order valence-electron chi connectivity index (χ4n) is 4.24. The highest BCUT2D eigenvalue weighted by Gasteiger charge is 2.34. The van der Waals surface area contributed by atoms with Crippen molar-refractivity contribution < 1.29 is 9.53 Å². The third-order valence-electron chi connectivity index (χ3n) is 5.96. The zero-order valence-electron chi connectivity index (χ0n) is 16.4. The molecule has 1 atom stereocenters. The first kappa shape index (κ1) is 18.0. The standard InChI is InChI=1S/C21H28N4O2/c1-14-7-6-8-17(15(14)2)22-21(26)25-11-5-4-9-19(25)20-16-13-27-12-10-18(16)24(3)23-20/h6-8,19H,4-5,9-13H2,1-3H3,(H,22,26). The molecule has 1 aromatic carbocycles. The number of carbonyl (C=O) groups excluding carboxylic acids is 1. The van der Waals surface area contributed by atoms with Crippen LogP contribution in [0.15, 0.2) is 18.2 Å². The molecule has 1 fully saturated rings. The van der Waals surface area contributed by atoms with Crippen molar-refractivity contribution in [2.75, 3.05) is 18.5 Å². The van der Waals surface area contributed by atoms with Crippen molar-refractivity contribution in [3.05, 3.63) is 46.3 Å². The second kappa shape index (κ2) is 7.35. The summed E-state index contributed by atoms with van der Waals surface area (Å²) < 4.78 is 7.66. The summed E-state index contributed by atoms with van der Waals surface area (Å²) >= 11 is 0. The molecule has 0 saturated carbocycles. The van der Waals surface area contributed by atoms with Crippen LogP contribution in [0, 0.1) is 13.8 Å². The Labute approximate surface area is 160 Å². The number of likely N-dealkylation sites (tertiary alicyclic amines) is 1. The number of ether oxygens (including phenoxy) is 1. The quantitative estimate of drug-likeness (QED) is 0.875. The third-order valence-corrected chi connectivity index (χ3v) is 5.96. The van der Waals surface area contributed by atoms with Gasteiger partial charge in [0.25, 0.3) is 0 Å². The number of hydrogen-bond donors (Lipinski definition) is 1. The molecule has 6 heteroatoms. The number of amides is 2. The van der Waals surface area contributed by atoms with Crippen LogP contribution in [0.2, 0.25) is 0 Å². The minimum absolute atomic E-state index is 0.0144. The minimum atomic E-state index is -0.0375. The lowest BCUT2D eigenvalue weighted by Gasteiger charge is -2.35. The zero-order valence-corrected chi connectivity index (χ0v) is 16.4. The number of anilines is 1. The van der Waals surface area contributed by atoms with Crippen molar-refractivity contribution in [2.45, 2.75) is 52.2 Å². The Balaban J connectivity index is 1.61. The van der Waals surface area contributed by atoms with Gasteiger partial charge in [-0.1, -0.05) is 12.1 Å². The Bertz CT molecular complexity index is 858. The van der Waals surface area contributed by atoms with Crippen molar-refractivity contribution in [2.24, 2.45) is 7.05 Å². The van der Waals surface area contributed by atoms with Gasteiger partial charge in [0.2, 0.25) is 0 Å². The van der Waals surface area contributed by atoms with Crippen LogP contribution >= 0.6 is 0 Å². The number of fused-ring (bicyclic) bond motifs is 1. The Morgan fingerprint density at radius 3 is 3.00 bits per heavy atom. The number of nitrogens with zero attached hydrogens (tertiary/aromatic N) is 3. The van der Waals surface area contributed by atoms with Crippen molar-refractivity contribution >= 4 is 11.7 Å². The van der Waals surface area contributed by atoms with Gasteiger partial charge in [0.15, 0.2) is 0 Å². The van der Waals surface area contributed by atoms with E-state index in [0.717, 1.165) is 55.8 Å². The lowest BCUT2D eigenvalue weighted by Crippen LogP contribution is -2.41. The fraction of sp³-hybridized carbons (Fsp3) is 0.524. The summed E-state index contributed by atoms with van der Waals surface area (Å²) in [4.78, 5) is 15.1. The molecule has 4 rings (SSSR count). The molecule has 3 heterocycles. The summed E-state index contributed by atoms with van der Waals surface area (Å²) in [6.45, 7) is 6.21. The monoisotopic (exact) mass is 368 g/mol. The second-order valence-electron chi connectivity index (χ2n) is 7.62. The summed E-state index contributed by atoms with van der Waals surface area (Å²) in [7, 11) is 2.00. The topological polar surface area (TPSA) is 59.4 Å². The van der Waals surface area contributed by atoms with E-state index in [0.29, 0.717) is 6.61 Å². The Kier molecular flexibility index (Phi) is 4.91. The average Bonchev–Trinajstić information content (AvgIpc) is 3.02. The van der Waals surface area contributed by atoms with Gasteiger partial charge in [-0.25, -0.2) is 4.79 Å². The molecule has 6 nitrogen and oxygen atoms in total. The van der Waals surface area contributed by atoms with Gasteiger partial charge in [0.1, 0.15) is 0 Å². The van der Waals surface area contributed by atoms with Gasteiger partial charge in [0, 0.05) is 37.0 Å². The van der Waals surface area contributed by atoms with Gasteiger partial charge in [0.05, 0.1) is 24.9 Å². The van der Waals surface area contributed by atoms with E-state index in [4.69, 9.17) is 9.84 Å². The first-order valence-corrected chi connectivity index (χ1v) is 9.82. The van der Waals surface area contributed by atoms with E-state index in [2.05, 4.69) is 18.3 Å². The molecule has 144 valence electrons. The van der Waals surface area contributed by atoms with E-state index in [9.17, 15) is 4.79 Å². The van der Waals surface area contributed by atoms with Crippen LogP contribution in [-0.2, 0) is 24.8 Å². The number of hydrogen-bond acceptors (Lipinski definition) is 3. The van der Waals surface area contributed by atoms with Gasteiger partial charge >= 0.3 is 6.03 Å². The van der Waals surface area contributed by atoms with Crippen LogP contribution < -0.4 is 5.32 Å². The van der Waals surface area contributed by atoms with Crippen LogP contribution in [-0.4, -0.2) is 33.9 Å². The maximum atomic E-state index is 13.1. The zero-order chi connectivity index (χ0) is 19.0. The van der Waals surface area contributed by atoms with Gasteiger partial charge in [-0.15, -0.1) is 0 Å². The summed E-state index contributed by atoms with van der Waals surface area (Å²) in [5, 5.41) is 7.93. The predicted octanol–water partition coefficient (Wildman–Crippen LogP) is 3.87. The Hall–Kier alpha value is -2.34. The summed E-state index contributed by atoms with van der Waals surface area (Å²) in [5.41, 5.74) is 6.62. The number of aromatic nitrogens is 2. The first-order chi connectivity index (χ1) is 13.1. The lowest BCUT2D eigenvalue weighted by molar-refractivity contribution is 0.106. The molecular formula is C21H28N4O2. The van der Waals surface area contributed by atoms with E-state index in [-0.39, 0.29) is 12.1 Å². The molecule has 0 bridgehead atoms. The molecule has 1 aromatic heterocycles. The molecular weight excluding hydrogens is 340 g/mol. The fourth-order valence-corrected chi connectivity index (χ4v) is 4.24. The van der Waals surface area contributed by atoms with Gasteiger partial charge in [-0.3, -0.25) is 4.68 Å². The molecule has 0 radical (unpaired) electrons. The van der Waals surface area contributed by atoms with E-state index in [1.807, 2.05) is 35.7 Å². The average molecular weight is 368 g/mol. The number of piperidine rings is 1. The molecule has 0 spiro atoms. The maximum Gasteiger partial charge on any atom is 0.322 e. The first-order valence-electron chi connectivity index (χ1n) is 9.82. The third kappa shape index (κ3) is 3.34. The van der Waals surface area contributed by atoms with Gasteiger partial charge in [-0.05, 0) is 50.3 Å². The van der Waals surface area contributed by atoms with Crippen LogP contribution in [0.4, 0.5) is 10.5 Å². The second-order valence-corrected chi connectivity index (χ2v) is 7.62. The highest BCUT2D eigenvalue weighted by atomic mass is 16.5. The molecule has 2 aliphatic heterocycles. The SMILES string of the molecule is Cc1cccc(NC(=O)N2CCCCC2c2nn(C)c3c2COCC3)c1C. The summed E-state index contributed by atoms with van der Waals surface area (Å²) in [5.74, 6) is 0. The Morgan fingerprint density at radius 1 is 1.30 bits per heavy atom. The van der Waals surface area contributed by atoms with Crippen LogP contribution in [0.25, 0.3) is 0 Å². The van der Waals surface area contributed by atoms with Crippen LogP contribution in [0.3, 0.4) is 0 Å². The normalized spacial score (nSPS) is 19.7. The predicted molar refractivity (Wildman–Crippen MR) is 105 cm³/mol. The number of benzene rings is 1. The number of carbonyl (C=O) groups is 1. The molecule has 2 aliphatic rings. The molecule has 0 aliphatic carbocycles. The van der Waals surface area contributed by atoms with E-state index < -0.39 is 0 Å². The lowest BCUT2D eigenvalue weighted by atomic mass is 9.95. The summed E-state index contributed by atoms with van der Waals surface area (Å²) in [6, 6.07) is 5.99. The Morgan fingerprint density at radius 2 is 2.15 bits per heavy atom. The molecule has 2 amide bonds. The smallest absolute Gasteiger partial charge is 0.322 e. The van der Waals surface area contributed by atoms with E-state index in [1.165, 1.54) is 16.8 Å². The molecule has 27 heavy (non-hydrogen) atoms. The number of nitrogens with one attached hydrogen (secondary N) is 1. The summed E-state index contributed by atoms with van der Waals surface area (Å²) in [6.07, 6.45) is 3.98. The van der Waals surface area contributed by atoms with Gasteiger partial charge in [-0.2, -0.15) is 5.10 Å². The van der Waals surface area contributed by atoms with Crippen molar-refractivity contribution in [1.29, 1.82) is 0 Å². The highest BCUT2D eigenvalue weighted by molar-refractivity contribution is 5.90. The van der Waals surface area contributed by atoms with E-state index >= 15 is 0 Å². The highest BCUT2D eigenvalue weighted by Crippen LogP contribution is 2.35. The minimum Gasteiger partial charge on any atom is -0.376 e. The van der Waals surface area contributed by atoms with Crippen LogP contribution in [0.5, 0.6) is 0 Å². The molecule has 1 N–H and O–H groups in total. The van der Waals surface area contributed by atoms with Crippen molar-refractivity contribution in [3.8, 4) is 0 Å². The number of rotatable bonds is 2. The molecule has 2 aromatic rings. The maximum absolute atomic E-state index is 13.1. The number of urea groups is 1. The molecule has 1 saturated heterocycles. The largest absolute Gasteiger partial charge is 0.376 e. The number of aryl methyl sites for hydroxylation is 2. The van der Waals surface area contributed by atoms with Crippen LogP contribution in [0.1, 0.15) is 53.4 Å². The molecule has 1 unspecified atom stereocenters. The van der Waals surface area contributed by atoms with Crippen molar-refractivity contribution in [1.82, 2.24) is 14.7 Å². The van der Waals surface area contributed by atoms with Crippen molar-refractivity contribution in [3.63, 3.8) is 0 Å².